The number of aromatic amines is 1. The van der Waals surface area contributed by atoms with Crippen LogP contribution in [-0.2, 0) is 4.79 Å². The van der Waals surface area contributed by atoms with E-state index in [0.29, 0.717) is 23.7 Å². The number of aromatic nitrogens is 2. The Morgan fingerprint density at radius 3 is 2.52 bits per heavy atom. The van der Waals surface area contributed by atoms with Crippen LogP contribution in [0.2, 0.25) is 0 Å². The molecule has 1 fully saturated rings. The SMILES string of the molecule is CCC(=O)c1ccc(OCC(=O)N2CCC(c3ccn[nH]3)CC2)cc1. The predicted molar refractivity (Wildman–Crippen MR) is 93.7 cm³/mol. The first kappa shape index (κ1) is 17.2. The number of benzene rings is 1. The van der Waals surface area contributed by atoms with Gasteiger partial charge in [-0.3, -0.25) is 14.7 Å². The Labute approximate surface area is 147 Å². The average molecular weight is 341 g/mol. The number of rotatable bonds is 6. The van der Waals surface area contributed by atoms with Gasteiger partial charge in [0.1, 0.15) is 5.75 Å². The Bertz CT molecular complexity index is 702. The smallest absolute Gasteiger partial charge is 0.260 e. The van der Waals surface area contributed by atoms with Crippen LogP contribution in [0.25, 0.3) is 0 Å². The van der Waals surface area contributed by atoms with Gasteiger partial charge >= 0.3 is 0 Å². The van der Waals surface area contributed by atoms with E-state index in [-0.39, 0.29) is 18.3 Å². The van der Waals surface area contributed by atoms with Crippen LogP contribution in [0.4, 0.5) is 0 Å². The molecule has 0 bridgehead atoms. The summed E-state index contributed by atoms with van der Waals surface area (Å²) >= 11 is 0. The number of carbonyl (C=O) groups is 2. The second kappa shape index (κ2) is 7.96. The van der Waals surface area contributed by atoms with E-state index in [4.69, 9.17) is 4.74 Å². The number of piperidine rings is 1. The number of nitrogens with one attached hydrogen (secondary N) is 1. The maximum Gasteiger partial charge on any atom is 0.260 e. The van der Waals surface area contributed by atoms with Gasteiger partial charge in [0.05, 0.1) is 0 Å². The lowest BCUT2D eigenvalue weighted by Gasteiger charge is -2.31. The molecule has 1 N–H and O–H groups in total. The fourth-order valence-electron chi connectivity index (χ4n) is 3.11. The predicted octanol–water partition coefficient (Wildman–Crippen LogP) is 2.79. The maximum absolute atomic E-state index is 12.3. The van der Waals surface area contributed by atoms with Crippen molar-refractivity contribution in [3.8, 4) is 5.75 Å². The first-order valence-corrected chi connectivity index (χ1v) is 8.70. The number of hydrogen-bond acceptors (Lipinski definition) is 4. The maximum atomic E-state index is 12.3. The van der Waals surface area contributed by atoms with Gasteiger partial charge in [-0.2, -0.15) is 5.10 Å². The van der Waals surface area contributed by atoms with Crippen LogP contribution in [0.5, 0.6) is 5.75 Å². The zero-order valence-electron chi connectivity index (χ0n) is 14.4. The molecule has 6 nitrogen and oxygen atoms in total. The molecule has 0 spiro atoms. The normalized spacial score (nSPS) is 15.2. The van der Waals surface area contributed by atoms with Crippen molar-refractivity contribution in [3.63, 3.8) is 0 Å². The Balaban J connectivity index is 1.46. The summed E-state index contributed by atoms with van der Waals surface area (Å²) in [4.78, 5) is 25.8. The first-order chi connectivity index (χ1) is 12.2. The lowest BCUT2D eigenvalue weighted by atomic mass is 9.94. The number of ether oxygens (including phenoxy) is 1. The fraction of sp³-hybridized carbons (Fsp3) is 0.421. The second-order valence-corrected chi connectivity index (χ2v) is 6.26. The molecule has 1 aromatic heterocycles. The van der Waals surface area contributed by atoms with E-state index >= 15 is 0 Å². The molecule has 0 radical (unpaired) electrons. The van der Waals surface area contributed by atoms with E-state index in [1.54, 1.807) is 30.5 Å². The van der Waals surface area contributed by atoms with Crippen LogP contribution in [0.1, 0.15) is 48.2 Å². The highest BCUT2D eigenvalue weighted by atomic mass is 16.5. The third-order valence-corrected chi connectivity index (χ3v) is 4.67. The molecular weight excluding hydrogens is 318 g/mol. The Hall–Kier alpha value is -2.63. The number of likely N-dealkylation sites (tertiary alicyclic amines) is 1. The van der Waals surface area contributed by atoms with Crippen LogP contribution in [0.3, 0.4) is 0 Å². The van der Waals surface area contributed by atoms with Crippen molar-refractivity contribution in [1.82, 2.24) is 15.1 Å². The summed E-state index contributed by atoms with van der Waals surface area (Å²) in [5.74, 6) is 1.14. The topological polar surface area (TPSA) is 75.3 Å². The summed E-state index contributed by atoms with van der Waals surface area (Å²) in [5.41, 5.74) is 1.81. The highest BCUT2D eigenvalue weighted by Crippen LogP contribution is 2.26. The monoisotopic (exact) mass is 341 g/mol. The summed E-state index contributed by atoms with van der Waals surface area (Å²) in [6, 6.07) is 8.95. The van der Waals surface area contributed by atoms with Crippen LogP contribution in [-0.4, -0.2) is 46.5 Å². The molecule has 2 heterocycles. The quantitative estimate of drug-likeness (QED) is 0.820. The van der Waals surface area contributed by atoms with E-state index in [0.717, 1.165) is 31.6 Å². The van der Waals surface area contributed by atoms with Crippen molar-refractivity contribution in [2.75, 3.05) is 19.7 Å². The van der Waals surface area contributed by atoms with Gasteiger partial charge in [-0.1, -0.05) is 6.92 Å². The van der Waals surface area contributed by atoms with Gasteiger partial charge in [0.15, 0.2) is 12.4 Å². The van der Waals surface area contributed by atoms with Crippen molar-refractivity contribution in [2.45, 2.75) is 32.1 Å². The number of Topliss-reactive ketones (excluding diaryl/α,β-unsaturated/α-hetero) is 1. The van der Waals surface area contributed by atoms with Crippen LogP contribution in [0, 0.1) is 0 Å². The van der Waals surface area contributed by atoms with Crippen molar-refractivity contribution in [1.29, 1.82) is 0 Å². The molecule has 1 aliphatic rings. The van der Waals surface area contributed by atoms with Gasteiger partial charge in [0.2, 0.25) is 0 Å². The van der Waals surface area contributed by atoms with Gasteiger partial charge < -0.3 is 9.64 Å². The molecule has 3 rings (SSSR count). The number of nitrogens with zero attached hydrogens (tertiary/aromatic N) is 2. The molecule has 0 atom stereocenters. The molecule has 0 saturated carbocycles. The number of H-pyrrole nitrogens is 1. The van der Waals surface area contributed by atoms with Gasteiger partial charge in [-0.15, -0.1) is 0 Å². The number of ketones is 1. The molecule has 0 aliphatic carbocycles. The van der Waals surface area contributed by atoms with Crippen molar-refractivity contribution in [2.24, 2.45) is 0 Å². The largest absolute Gasteiger partial charge is 0.484 e. The highest BCUT2D eigenvalue weighted by Gasteiger charge is 2.24. The lowest BCUT2D eigenvalue weighted by molar-refractivity contribution is -0.134. The summed E-state index contributed by atoms with van der Waals surface area (Å²) in [5, 5.41) is 7.00. The summed E-state index contributed by atoms with van der Waals surface area (Å²) < 4.78 is 5.57. The zero-order chi connectivity index (χ0) is 17.6. The standard InChI is InChI=1S/C19H23N3O3/c1-2-18(23)15-3-5-16(6-4-15)25-13-19(24)22-11-8-14(9-12-22)17-7-10-20-21-17/h3-7,10,14H,2,8-9,11-13H2,1H3,(H,20,21). The third-order valence-electron chi connectivity index (χ3n) is 4.67. The van der Waals surface area contributed by atoms with E-state index in [1.165, 1.54) is 0 Å². The second-order valence-electron chi connectivity index (χ2n) is 6.26. The van der Waals surface area contributed by atoms with E-state index in [1.807, 2.05) is 17.9 Å². The molecule has 1 aliphatic heterocycles. The first-order valence-electron chi connectivity index (χ1n) is 8.70. The molecule has 132 valence electrons. The third kappa shape index (κ3) is 4.26. The lowest BCUT2D eigenvalue weighted by Crippen LogP contribution is -2.40. The summed E-state index contributed by atoms with van der Waals surface area (Å²) in [6.45, 7) is 3.32. The Kier molecular flexibility index (Phi) is 5.48. The number of carbonyl (C=O) groups excluding carboxylic acids is 2. The molecule has 1 saturated heterocycles. The van der Waals surface area contributed by atoms with Crippen molar-refractivity contribution in [3.05, 3.63) is 47.8 Å². The van der Waals surface area contributed by atoms with Crippen LogP contribution >= 0.6 is 0 Å². The molecule has 1 aromatic carbocycles. The van der Waals surface area contributed by atoms with Gasteiger partial charge in [-0.25, -0.2) is 0 Å². The minimum atomic E-state index is -0.00299. The Morgan fingerprint density at radius 2 is 1.92 bits per heavy atom. The van der Waals surface area contributed by atoms with Crippen molar-refractivity contribution < 1.29 is 14.3 Å². The molecule has 0 unspecified atom stereocenters. The molecule has 2 aromatic rings. The van der Waals surface area contributed by atoms with Gasteiger partial charge in [0, 0.05) is 42.9 Å². The minimum Gasteiger partial charge on any atom is -0.484 e. The van der Waals surface area contributed by atoms with Gasteiger partial charge in [-0.05, 0) is 43.2 Å². The van der Waals surface area contributed by atoms with Gasteiger partial charge in [0.25, 0.3) is 5.91 Å². The average Bonchev–Trinajstić information content (AvgIpc) is 3.21. The fourth-order valence-corrected chi connectivity index (χ4v) is 3.11. The van der Waals surface area contributed by atoms with Crippen molar-refractivity contribution >= 4 is 11.7 Å². The summed E-state index contributed by atoms with van der Waals surface area (Å²) in [6.07, 6.45) is 4.11. The van der Waals surface area contributed by atoms with E-state index in [9.17, 15) is 9.59 Å². The molecule has 25 heavy (non-hydrogen) atoms. The number of amides is 1. The van der Waals surface area contributed by atoms with Crippen LogP contribution < -0.4 is 4.74 Å². The zero-order valence-corrected chi connectivity index (χ0v) is 14.4. The molecule has 1 amide bonds. The van der Waals surface area contributed by atoms with E-state index < -0.39 is 0 Å². The molecular formula is C19H23N3O3. The van der Waals surface area contributed by atoms with Crippen LogP contribution in [0.15, 0.2) is 36.5 Å². The van der Waals surface area contributed by atoms with E-state index in [2.05, 4.69) is 10.2 Å². The Morgan fingerprint density at radius 1 is 1.20 bits per heavy atom. The highest BCUT2D eigenvalue weighted by molar-refractivity contribution is 5.95. The minimum absolute atomic E-state index is 0.00299. The number of hydrogen-bond donors (Lipinski definition) is 1. The molecule has 6 heteroatoms. The summed E-state index contributed by atoms with van der Waals surface area (Å²) in [7, 11) is 0.